The first kappa shape index (κ1) is 20.4. The molecule has 0 unspecified atom stereocenters. The normalized spacial score (nSPS) is 13.1. The lowest BCUT2D eigenvalue weighted by atomic mass is 10.2. The lowest BCUT2D eigenvalue weighted by molar-refractivity contribution is -0.00661. The van der Waals surface area contributed by atoms with E-state index in [0.29, 0.717) is 19.8 Å². The Morgan fingerprint density at radius 3 is 2.00 bits per heavy atom. The number of hydrogen-bond acceptors (Lipinski definition) is 5. The molecule has 0 saturated heterocycles. The van der Waals surface area contributed by atoms with Crippen molar-refractivity contribution in [2.24, 2.45) is 0 Å². The molecule has 6 heteroatoms. The summed E-state index contributed by atoms with van der Waals surface area (Å²) in [6.07, 6.45) is -0.623. The van der Waals surface area contributed by atoms with Crippen molar-refractivity contribution in [3.05, 3.63) is 0 Å². The van der Waals surface area contributed by atoms with Crippen molar-refractivity contribution in [2.75, 3.05) is 26.3 Å². The van der Waals surface area contributed by atoms with Crippen LogP contribution in [-0.2, 0) is 13.9 Å². The Morgan fingerprint density at radius 1 is 1.00 bits per heavy atom. The van der Waals surface area contributed by atoms with E-state index in [4.69, 9.17) is 13.9 Å². The fourth-order valence-corrected chi connectivity index (χ4v) is 2.25. The highest BCUT2D eigenvalue weighted by Crippen LogP contribution is 2.36. The van der Waals surface area contributed by atoms with Crippen molar-refractivity contribution in [1.82, 2.24) is 5.32 Å². The van der Waals surface area contributed by atoms with Crippen LogP contribution in [0, 0.1) is 0 Å². The number of carbonyl (C=O) groups is 1. The van der Waals surface area contributed by atoms with E-state index in [9.17, 15) is 4.79 Å². The minimum atomic E-state index is -1.66. The molecule has 0 saturated carbocycles. The van der Waals surface area contributed by atoms with Crippen LogP contribution in [0.4, 0.5) is 4.79 Å². The second-order valence-corrected chi connectivity index (χ2v) is 12.5. The monoisotopic (exact) mass is 319 g/mol. The second kappa shape index (κ2) is 8.15. The number of ether oxygens (including phenoxy) is 2. The Bertz CT molecular complexity index is 319. The molecule has 0 aliphatic carbocycles. The van der Waals surface area contributed by atoms with Crippen molar-refractivity contribution in [2.45, 2.75) is 65.3 Å². The average Bonchev–Trinajstić information content (AvgIpc) is 2.23. The quantitative estimate of drug-likeness (QED) is 0.442. The van der Waals surface area contributed by atoms with Gasteiger partial charge in [-0.15, -0.1) is 0 Å². The SMILES string of the molecule is CC(C)(C)OC(=O)OCCNCCO[Si](C)(C)C(C)(C)C. The third-order valence-electron chi connectivity index (χ3n) is 3.44. The Balaban J connectivity index is 3.64. The Hall–Kier alpha value is -0.593. The molecule has 0 aliphatic heterocycles. The Morgan fingerprint density at radius 2 is 1.52 bits per heavy atom. The van der Waals surface area contributed by atoms with Crippen LogP contribution in [0.25, 0.3) is 0 Å². The minimum absolute atomic E-state index is 0.229. The summed E-state index contributed by atoms with van der Waals surface area (Å²) in [5, 5.41) is 3.42. The summed E-state index contributed by atoms with van der Waals surface area (Å²) >= 11 is 0. The van der Waals surface area contributed by atoms with Crippen molar-refractivity contribution in [1.29, 1.82) is 0 Å². The molecule has 126 valence electrons. The van der Waals surface area contributed by atoms with Crippen molar-refractivity contribution < 1.29 is 18.7 Å². The first-order valence-corrected chi connectivity index (χ1v) is 10.5. The molecule has 0 aromatic rings. The van der Waals surface area contributed by atoms with E-state index >= 15 is 0 Å². The molecule has 0 atom stereocenters. The van der Waals surface area contributed by atoms with Gasteiger partial charge in [-0.2, -0.15) is 0 Å². The summed E-state index contributed by atoms with van der Waals surface area (Å²) in [6, 6.07) is 0. The molecule has 0 spiro atoms. The molecule has 1 N–H and O–H groups in total. The fourth-order valence-electron chi connectivity index (χ4n) is 1.21. The van der Waals surface area contributed by atoms with Crippen molar-refractivity contribution >= 4 is 14.5 Å². The smallest absolute Gasteiger partial charge is 0.433 e. The van der Waals surface area contributed by atoms with E-state index in [1.54, 1.807) is 0 Å². The van der Waals surface area contributed by atoms with Gasteiger partial charge in [0.05, 0.1) is 0 Å². The topological polar surface area (TPSA) is 56.8 Å². The van der Waals surface area contributed by atoms with Crippen LogP contribution in [0.2, 0.25) is 18.1 Å². The zero-order chi connectivity index (χ0) is 16.7. The molecular weight excluding hydrogens is 286 g/mol. The van der Waals surface area contributed by atoms with Crippen LogP contribution in [0.5, 0.6) is 0 Å². The molecule has 0 radical (unpaired) electrons. The molecular formula is C15H33NO4Si. The molecule has 0 aromatic heterocycles. The summed E-state index contributed by atoms with van der Waals surface area (Å²) in [4.78, 5) is 11.3. The molecule has 0 bridgehead atoms. The van der Waals surface area contributed by atoms with E-state index in [2.05, 4.69) is 39.2 Å². The van der Waals surface area contributed by atoms with Gasteiger partial charge in [0, 0.05) is 19.7 Å². The van der Waals surface area contributed by atoms with E-state index < -0.39 is 20.1 Å². The number of carbonyl (C=O) groups excluding carboxylic acids is 1. The predicted molar refractivity (Wildman–Crippen MR) is 88.2 cm³/mol. The molecule has 0 aromatic carbocycles. The zero-order valence-electron chi connectivity index (χ0n) is 15.0. The Labute approximate surface area is 130 Å². The van der Waals surface area contributed by atoms with E-state index in [1.807, 2.05) is 20.8 Å². The first-order valence-electron chi connectivity index (χ1n) is 7.56. The molecule has 0 fully saturated rings. The third kappa shape index (κ3) is 9.87. The standard InChI is InChI=1S/C15H33NO4Si/c1-14(2,3)20-13(17)18-11-9-16-10-12-19-21(7,8)15(4,5)6/h16H,9-12H2,1-8H3. The average molecular weight is 320 g/mol. The first-order chi connectivity index (χ1) is 9.35. The highest BCUT2D eigenvalue weighted by molar-refractivity contribution is 6.74. The van der Waals surface area contributed by atoms with Gasteiger partial charge < -0.3 is 19.2 Å². The van der Waals surface area contributed by atoms with E-state index in [1.165, 1.54) is 0 Å². The van der Waals surface area contributed by atoms with Crippen molar-refractivity contribution in [3.63, 3.8) is 0 Å². The zero-order valence-corrected chi connectivity index (χ0v) is 16.0. The van der Waals surface area contributed by atoms with E-state index in [0.717, 1.165) is 6.54 Å². The molecule has 21 heavy (non-hydrogen) atoms. The largest absolute Gasteiger partial charge is 0.508 e. The van der Waals surface area contributed by atoms with Gasteiger partial charge in [0.15, 0.2) is 8.32 Å². The van der Waals surface area contributed by atoms with Gasteiger partial charge in [-0.1, -0.05) is 20.8 Å². The molecule has 0 heterocycles. The maximum Gasteiger partial charge on any atom is 0.508 e. The highest BCUT2D eigenvalue weighted by atomic mass is 28.4. The van der Waals surface area contributed by atoms with E-state index in [-0.39, 0.29) is 5.04 Å². The van der Waals surface area contributed by atoms with Gasteiger partial charge in [0.25, 0.3) is 0 Å². The highest BCUT2D eigenvalue weighted by Gasteiger charge is 2.36. The van der Waals surface area contributed by atoms with Gasteiger partial charge >= 0.3 is 6.16 Å². The van der Waals surface area contributed by atoms with Gasteiger partial charge in [-0.25, -0.2) is 4.79 Å². The van der Waals surface area contributed by atoms with Crippen LogP contribution in [-0.4, -0.2) is 46.4 Å². The van der Waals surface area contributed by atoms with Crippen LogP contribution in [0.1, 0.15) is 41.5 Å². The summed E-state index contributed by atoms with van der Waals surface area (Å²) in [5.74, 6) is 0. The number of rotatable bonds is 7. The van der Waals surface area contributed by atoms with Gasteiger partial charge in [0.1, 0.15) is 12.2 Å². The summed E-state index contributed by atoms with van der Waals surface area (Å²) in [6.45, 7) is 18.9. The second-order valence-electron chi connectivity index (χ2n) is 7.67. The third-order valence-corrected chi connectivity index (χ3v) is 7.97. The maximum absolute atomic E-state index is 11.3. The molecule has 0 aliphatic rings. The molecule has 0 rings (SSSR count). The fraction of sp³-hybridized carbons (Fsp3) is 0.933. The van der Waals surface area contributed by atoms with Crippen molar-refractivity contribution in [3.8, 4) is 0 Å². The van der Waals surface area contributed by atoms with Gasteiger partial charge in [-0.05, 0) is 38.9 Å². The minimum Gasteiger partial charge on any atom is -0.433 e. The van der Waals surface area contributed by atoms with Gasteiger partial charge in [-0.3, -0.25) is 0 Å². The molecule has 5 nitrogen and oxygen atoms in total. The molecule has 0 amide bonds. The van der Waals surface area contributed by atoms with Crippen LogP contribution >= 0.6 is 0 Å². The van der Waals surface area contributed by atoms with Crippen LogP contribution in [0.3, 0.4) is 0 Å². The summed E-state index contributed by atoms with van der Waals surface area (Å²) in [5.41, 5.74) is -0.512. The van der Waals surface area contributed by atoms with Gasteiger partial charge in [0.2, 0.25) is 0 Å². The number of hydrogen-bond donors (Lipinski definition) is 1. The van der Waals surface area contributed by atoms with Crippen LogP contribution in [0.15, 0.2) is 0 Å². The van der Waals surface area contributed by atoms with Crippen LogP contribution < -0.4 is 5.32 Å². The lowest BCUT2D eigenvalue weighted by Crippen LogP contribution is -2.42. The maximum atomic E-state index is 11.3. The predicted octanol–water partition coefficient (Wildman–Crippen LogP) is 3.55. The number of nitrogens with one attached hydrogen (secondary N) is 1. The summed E-state index contributed by atoms with van der Waals surface area (Å²) in [7, 11) is -1.66. The lowest BCUT2D eigenvalue weighted by Gasteiger charge is -2.36. The Kier molecular flexibility index (Phi) is 7.92. The summed E-state index contributed by atoms with van der Waals surface area (Å²) < 4.78 is 16.0.